The Hall–Kier alpha value is -3.04. The van der Waals surface area contributed by atoms with Gasteiger partial charge in [-0.2, -0.15) is 4.31 Å². The van der Waals surface area contributed by atoms with Crippen LogP contribution in [-0.4, -0.2) is 43.9 Å². The van der Waals surface area contributed by atoms with Crippen LogP contribution in [0.3, 0.4) is 0 Å². The van der Waals surface area contributed by atoms with Crippen molar-refractivity contribution in [3.8, 4) is 11.5 Å². The van der Waals surface area contributed by atoms with Gasteiger partial charge in [0, 0.05) is 30.3 Å². The summed E-state index contributed by atoms with van der Waals surface area (Å²) in [4.78, 5) is 12.5. The number of sulfonamides is 1. The van der Waals surface area contributed by atoms with Gasteiger partial charge >= 0.3 is 0 Å². The molecular formula is C20H23N3O5S. The smallest absolute Gasteiger partial charge is 0.269 e. The van der Waals surface area contributed by atoms with E-state index in [4.69, 9.17) is 4.74 Å². The lowest BCUT2D eigenvalue weighted by Gasteiger charge is -2.16. The molecule has 0 spiro atoms. The summed E-state index contributed by atoms with van der Waals surface area (Å²) >= 11 is 0. The highest BCUT2D eigenvalue weighted by atomic mass is 32.2. The van der Waals surface area contributed by atoms with E-state index in [2.05, 4.69) is 17.4 Å². The Kier molecular flexibility index (Phi) is 6.09. The van der Waals surface area contributed by atoms with Crippen molar-refractivity contribution in [3.63, 3.8) is 0 Å². The lowest BCUT2D eigenvalue weighted by atomic mass is 10.1. The SMILES string of the molecule is C=C(NNC(=O)c1cccc(S(=O)(=O)N2CCCC2)c1)c1ccc(OC)cc1O. The van der Waals surface area contributed by atoms with Gasteiger partial charge in [-0.05, 0) is 43.2 Å². The summed E-state index contributed by atoms with van der Waals surface area (Å²) in [7, 11) is -2.12. The van der Waals surface area contributed by atoms with Gasteiger partial charge in [0.1, 0.15) is 11.5 Å². The monoisotopic (exact) mass is 417 g/mol. The molecule has 0 bridgehead atoms. The number of nitrogens with zero attached hydrogens (tertiary/aromatic N) is 1. The van der Waals surface area contributed by atoms with Gasteiger partial charge in [0.15, 0.2) is 0 Å². The normalized spacial score (nSPS) is 14.4. The molecule has 3 rings (SSSR count). The van der Waals surface area contributed by atoms with E-state index >= 15 is 0 Å². The van der Waals surface area contributed by atoms with Crippen LogP contribution in [0.5, 0.6) is 11.5 Å². The van der Waals surface area contributed by atoms with Crippen molar-refractivity contribution in [1.82, 2.24) is 15.2 Å². The second-order valence-corrected chi connectivity index (χ2v) is 8.52. The van der Waals surface area contributed by atoms with Gasteiger partial charge in [-0.1, -0.05) is 12.6 Å². The zero-order chi connectivity index (χ0) is 21.0. The number of ether oxygens (including phenoxy) is 1. The number of hydrogen-bond donors (Lipinski definition) is 3. The summed E-state index contributed by atoms with van der Waals surface area (Å²) in [5.41, 5.74) is 5.93. The third-order valence-corrected chi connectivity index (χ3v) is 6.55. The van der Waals surface area contributed by atoms with Crippen molar-refractivity contribution in [2.75, 3.05) is 20.2 Å². The molecule has 0 unspecified atom stereocenters. The van der Waals surface area contributed by atoms with Crippen molar-refractivity contribution in [1.29, 1.82) is 0 Å². The number of hydrogen-bond acceptors (Lipinski definition) is 6. The lowest BCUT2D eigenvalue weighted by Crippen LogP contribution is -2.36. The topological polar surface area (TPSA) is 108 Å². The van der Waals surface area contributed by atoms with Gasteiger partial charge in [-0.15, -0.1) is 0 Å². The summed E-state index contributed by atoms with van der Waals surface area (Å²) in [6.45, 7) is 4.77. The highest BCUT2D eigenvalue weighted by molar-refractivity contribution is 7.89. The molecule has 2 aromatic carbocycles. The fraction of sp³-hybridized carbons (Fsp3) is 0.250. The molecule has 154 valence electrons. The number of aromatic hydroxyl groups is 1. The summed E-state index contributed by atoms with van der Waals surface area (Å²) in [6.07, 6.45) is 1.67. The van der Waals surface area contributed by atoms with Gasteiger partial charge in [0.25, 0.3) is 5.91 Å². The molecule has 3 N–H and O–H groups in total. The van der Waals surface area contributed by atoms with Crippen LogP contribution >= 0.6 is 0 Å². The van der Waals surface area contributed by atoms with Crippen molar-refractivity contribution in [3.05, 3.63) is 60.2 Å². The van der Waals surface area contributed by atoms with Crippen LogP contribution < -0.4 is 15.6 Å². The standard InChI is InChI=1S/C20H23N3O5S/c1-14(18-9-8-16(28-2)13-19(18)24)21-22-20(25)15-6-5-7-17(12-15)29(26,27)23-10-3-4-11-23/h5-9,12-13,21,24H,1,3-4,10-11H2,2H3,(H,22,25). The Morgan fingerprint density at radius 3 is 2.52 bits per heavy atom. The minimum atomic E-state index is -3.61. The van der Waals surface area contributed by atoms with Crippen LogP contribution in [0, 0.1) is 0 Å². The molecule has 8 nitrogen and oxygen atoms in total. The quantitative estimate of drug-likeness (QED) is 0.596. The maximum atomic E-state index is 12.7. The van der Waals surface area contributed by atoms with E-state index in [1.54, 1.807) is 12.1 Å². The van der Waals surface area contributed by atoms with Gasteiger partial charge in [-0.25, -0.2) is 8.42 Å². The number of carbonyl (C=O) groups is 1. The average Bonchev–Trinajstić information content (AvgIpc) is 3.27. The molecule has 0 radical (unpaired) electrons. The van der Waals surface area contributed by atoms with Gasteiger partial charge in [0.05, 0.1) is 17.7 Å². The molecule has 0 saturated carbocycles. The fourth-order valence-electron chi connectivity index (χ4n) is 3.04. The lowest BCUT2D eigenvalue weighted by molar-refractivity contribution is 0.0942. The van der Waals surface area contributed by atoms with E-state index < -0.39 is 15.9 Å². The third kappa shape index (κ3) is 4.52. The van der Waals surface area contributed by atoms with E-state index in [0.717, 1.165) is 12.8 Å². The first-order valence-electron chi connectivity index (χ1n) is 9.06. The van der Waals surface area contributed by atoms with Gasteiger partial charge in [-0.3, -0.25) is 15.6 Å². The van der Waals surface area contributed by atoms with Gasteiger partial charge in [0.2, 0.25) is 10.0 Å². The van der Waals surface area contributed by atoms with Crippen LogP contribution in [0.1, 0.15) is 28.8 Å². The summed E-state index contributed by atoms with van der Waals surface area (Å²) in [5.74, 6) is -0.105. The third-order valence-electron chi connectivity index (χ3n) is 4.66. The maximum Gasteiger partial charge on any atom is 0.269 e. The van der Waals surface area contributed by atoms with Crippen LogP contribution in [0.2, 0.25) is 0 Å². The number of carbonyl (C=O) groups excluding carboxylic acids is 1. The molecule has 1 saturated heterocycles. The van der Waals surface area contributed by atoms with Gasteiger partial charge < -0.3 is 9.84 Å². The summed E-state index contributed by atoms with van der Waals surface area (Å²) in [5, 5.41) is 10.0. The number of phenolic OH excluding ortho intramolecular Hbond substituents is 1. The van der Waals surface area contributed by atoms with Crippen LogP contribution in [0.4, 0.5) is 0 Å². The predicted octanol–water partition coefficient (Wildman–Crippen LogP) is 2.09. The zero-order valence-electron chi connectivity index (χ0n) is 16.0. The number of nitrogens with one attached hydrogen (secondary N) is 2. The molecule has 2 aromatic rings. The molecule has 0 aliphatic carbocycles. The van der Waals surface area contributed by atoms with E-state index in [0.29, 0.717) is 24.4 Å². The largest absolute Gasteiger partial charge is 0.507 e. The number of hydrazine groups is 1. The summed E-state index contributed by atoms with van der Waals surface area (Å²) < 4.78 is 31.8. The predicted molar refractivity (Wildman–Crippen MR) is 109 cm³/mol. The minimum Gasteiger partial charge on any atom is -0.507 e. The molecule has 9 heteroatoms. The average molecular weight is 417 g/mol. The first-order chi connectivity index (χ1) is 13.8. The van der Waals surface area contributed by atoms with Crippen molar-refractivity contribution in [2.45, 2.75) is 17.7 Å². The summed E-state index contributed by atoms with van der Waals surface area (Å²) in [6, 6.07) is 10.5. The molecule has 29 heavy (non-hydrogen) atoms. The number of benzene rings is 2. The first kappa shape index (κ1) is 20.7. The highest BCUT2D eigenvalue weighted by Crippen LogP contribution is 2.27. The molecular weight excluding hydrogens is 394 g/mol. The molecule has 0 atom stereocenters. The molecule has 1 aliphatic rings. The Labute approximate surface area is 169 Å². The Morgan fingerprint density at radius 2 is 1.86 bits per heavy atom. The Bertz CT molecular complexity index is 1030. The highest BCUT2D eigenvalue weighted by Gasteiger charge is 2.27. The number of methoxy groups -OCH3 is 1. The van der Waals surface area contributed by atoms with E-state index in [1.807, 2.05) is 0 Å². The van der Waals surface area contributed by atoms with Crippen LogP contribution in [-0.2, 0) is 10.0 Å². The fourth-order valence-corrected chi connectivity index (χ4v) is 4.60. The van der Waals surface area contributed by atoms with Crippen molar-refractivity contribution >= 4 is 21.6 Å². The Morgan fingerprint density at radius 1 is 1.14 bits per heavy atom. The molecule has 0 aromatic heterocycles. The molecule has 1 fully saturated rings. The molecule has 1 amide bonds. The van der Waals surface area contributed by atoms with Crippen LogP contribution in [0.25, 0.3) is 5.70 Å². The first-order valence-corrected chi connectivity index (χ1v) is 10.5. The van der Waals surface area contributed by atoms with E-state index in [-0.39, 0.29) is 21.9 Å². The second-order valence-electron chi connectivity index (χ2n) is 6.58. The van der Waals surface area contributed by atoms with Crippen LogP contribution in [0.15, 0.2) is 53.9 Å². The zero-order valence-corrected chi connectivity index (χ0v) is 16.8. The Balaban J connectivity index is 1.69. The van der Waals surface area contributed by atoms with E-state index in [9.17, 15) is 18.3 Å². The molecule has 1 aliphatic heterocycles. The minimum absolute atomic E-state index is 0.0604. The second kappa shape index (κ2) is 8.54. The van der Waals surface area contributed by atoms with E-state index in [1.165, 1.54) is 41.7 Å². The maximum absolute atomic E-state index is 12.7. The van der Waals surface area contributed by atoms with Crippen molar-refractivity contribution < 1.29 is 23.1 Å². The van der Waals surface area contributed by atoms with Crippen molar-refractivity contribution in [2.24, 2.45) is 0 Å². The number of amides is 1. The number of rotatable bonds is 7. The molecule has 1 heterocycles. The number of phenols is 1.